The van der Waals surface area contributed by atoms with Crippen molar-refractivity contribution in [1.29, 1.82) is 0 Å². The summed E-state index contributed by atoms with van der Waals surface area (Å²) in [5, 5.41) is 9.75. The number of rotatable bonds is 1. The summed E-state index contributed by atoms with van der Waals surface area (Å²) in [5.41, 5.74) is 0. The fraction of sp³-hybridized carbons (Fsp3) is 0.667. The lowest BCUT2D eigenvalue weighted by molar-refractivity contribution is -0.218. The van der Waals surface area contributed by atoms with Crippen LogP contribution in [0.15, 0.2) is 0 Å². The molecule has 0 radical (unpaired) electrons. The number of hydroxylamine groups is 2. The van der Waals surface area contributed by atoms with E-state index in [1.807, 2.05) is 0 Å². The van der Waals surface area contributed by atoms with Crippen LogP contribution in [0.3, 0.4) is 0 Å². The van der Waals surface area contributed by atoms with Gasteiger partial charge in [0.15, 0.2) is 6.23 Å². The Kier molecular flexibility index (Phi) is 2.09. The third kappa shape index (κ3) is 1.68. The highest BCUT2D eigenvalue weighted by atomic mass is 16.7. The SMILES string of the molecule is CC(=O)ON1C(=O)CCC1O. The first-order valence-corrected chi connectivity index (χ1v) is 3.30. The summed E-state index contributed by atoms with van der Waals surface area (Å²) < 4.78 is 0. The van der Waals surface area contributed by atoms with Gasteiger partial charge in [-0.15, -0.1) is 5.06 Å². The smallest absolute Gasteiger partial charge is 0.329 e. The van der Waals surface area contributed by atoms with Gasteiger partial charge in [0.2, 0.25) is 0 Å². The summed E-state index contributed by atoms with van der Waals surface area (Å²) in [4.78, 5) is 25.6. The van der Waals surface area contributed by atoms with Crippen LogP contribution in [0.1, 0.15) is 19.8 Å². The van der Waals surface area contributed by atoms with E-state index in [4.69, 9.17) is 5.11 Å². The molecule has 1 heterocycles. The zero-order chi connectivity index (χ0) is 8.43. The lowest BCUT2D eigenvalue weighted by atomic mass is 10.4. The second-order valence-electron chi connectivity index (χ2n) is 2.32. The van der Waals surface area contributed by atoms with Gasteiger partial charge >= 0.3 is 5.97 Å². The first-order valence-electron chi connectivity index (χ1n) is 3.30. The van der Waals surface area contributed by atoms with Crippen LogP contribution in [0.2, 0.25) is 0 Å². The maximum Gasteiger partial charge on any atom is 0.329 e. The normalized spacial score (nSPS) is 24.0. The van der Waals surface area contributed by atoms with Crippen LogP contribution in [-0.4, -0.2) is 28.3 Å². The Hall–Kier alpha value is -1.10. The average Bonchev–Trinajstić information content (AvgIpc) is 2.18. The fourth-order valence-electron chi connectivity index (χ4n) is 0.896. The number of carbonyl (C=O) groups excluding carboxylic acids is 2. The quantitative estimate of drug-likeness (QED) is 0.555. The summed E-state index contributed by atoms with van der Waals surface area (Å²) in [6.45, 7) is 1.18. The highest BCUT2D eigenvalue weighted by molar-refractivity contribution is 5.79. The molecule has 1 N–H and O–H groups in total. The van der Waals surface area contributed by atoms with Gasteiger partial charge in [0.25, 0.3) is 5.91 Å². The Morgan fingerprint density at radius 3 is 2.82 bits per heavy atom. The molecular formula is C6H9NO4. The van der Waals surface area contributed by atoms with E-state index in [2.05, 4.69) is 4.84 Å². The number of amides is 1. The van der Waals surface area contributed by atoms with Crippen LogP contribution < -0.4 is 0 Å². The fourth-order valence-corrected chi connectivity index (χ4v) is 0.896. The topological polar surface area (TPSA) is 66.8 Å². The predicted octanol–water partition coefficient (Wildman–Crippen LogP) is -0.595. The highest BCUT2D eigenvalue weighted by Gasteiger charge is 2.31. The van der Waals surface area contributed by atoms with Gasteiger partial charge in [-0.25, -0.2) is 0 Å². The van der Waals surface area contributed by atoms with Gasteiger partial charge < -0.3 is 9.94 Å². The molecule has 0 aromatic heterocycles. The minimum absolute atomic E-state index is 0.231. The van der Waals surface area contributed by atoms with E-state index in [-0.39, 0.29) is 12.3 Å². The monoisotopic (exact) mass is 159 g/mol. The maximum atomic E-state index is 10.8. The van der Waals surface area contributed by atoms with E-state index in [0.717, 1.165) is 0 Å². The Balaban J connectivity index is 2.54. The van der Waals surface area contributed by atoms with Crippen molar-refractivity contribution in [3.05, 3.63) is 0 Å². The molecule has 0 bridgehead atoms. The molecule has 1 aliphatic heterocycles. The summed E-state index contributed by atoms with van der Waals surface area (Å²) in [7, 11) is 0. The van der Waals surface area contributed by atoms with Crippen molar-refractivity contribution in [2.45, 2.75) is 26.0 Å². The molecule has 1 fully saturated rings. The van der Waals surface area contributed by atoms with Gasteiger partial charge in [0, 0.05) is 19.8 Å². The predicted molar refractivity (Wildman–Crippen MR) is 33.9 cm³/mol. The molecule has 0 aliphatic carbocycles. The number of aliphatic hydroxyl groups is 1. The molecule has 1 amide bonds. The molecule has 0 spiro atoms. The van der Waals surface area contributed by atoms with Gasteiger partial charge in [0.1, 0.15) is 0 Å². The van der Waals surface area contributed by atoms with Gasteiger partial charge in [-0.1, -0.05) is 0 Å². The van der Waals surface area contributed by atoms with Crippen LogP contribution in [0.25, 0.3) is 0 Å². The second-order valence-corrected chi connectivity index (χ2v) is 2.32. The zero-order valence-corrected chi connectivity index (χ0v) is 6.11. The molecule has 1 atom stereocenters. The molecule has 0 saturated carbocycles. The molecule has 0 aromatic rings. The van der Waals surface area contributed by atoms with Gasteiger partial charge in [0.05, 0.1) is 0 Å². The molecule has 1 aliphatic rings. The molecule has 5 heteroatoms. The Labute approximate surface area is 63.5 Å². The largest absolute Gasteiger partial charge is 0.370 e. The molecule has 62 valence electrons. The maximum absolute atomic E-state index is 10.8. The number of nitrogens with zero attached hydrogens (tertiary/aromatic N) is 1. The zero-order valence-electron chi connectivity index (χ0n) is 6.11. The standard InChI is InChI=1S/C6H9NO4/c1-4(8)11-7-5(9)2-3-6(7)10/h5,9H,2-3H2,1H3. The summed E-state index contributed by atoms with van der Waals surface area (Å²) >= 11 is 0. The van der Waals surface area contributed by atoms with Crippen molar-refractivity contribution in [3.63, 3.8) is 0 Å². The van der Waals surface area contributed by atoms with Crippen molar-refractivity contribution < 1.29 is 19.5 Å². The van der Waals surface area contributed by atoms with Gasteiger partial charge in [-0.05, 0) is 0 Å². The minimum Gasteiger partial charge on any atom is -0.370 e. The molecule has 0 aromatic carbocycles. The van der Waals surface area contributed by atoms with Crippen LogP contribution >= 0.6 is 0 Å². The van der Waals surface area contributed by atoms with Crippen LogP contribution in [0.4, 0.5) is 0 Å². The number of hydrogen-bond acceptors (Lipinski definition) is 4. The first-order chi connectivity index (χ1) is 5.11. The molecule has 5 nitrogen and oxygen atoms in total. The van der Waals surface area contributed by atoms with Crippen molar-refractivity contribution in [3.8, 4) is 0 Å². The lowest BCUT2D eigenvalue weighted by Crippen LogP contribution is -2.34. The third-order valence-corrected chi connectivity index (χ3v) is 1.36. The molecule has 1 rings (SSSR count). The van der Waals surface area contributed by atoms with Gasteiger partial charge in [-0.3, -0.25) is 9.59 Å². The van der Waals surface area contributed by atoms with Crippen LogP contribution in [0.5, 0.6) is 0 Å². The summed E-state index contributed by atoms with van der Waals surface area (Å²) in [5.74, 6) is -0.952. The van der Waals surface area contributed by atoms with Crippen molar-refractivity contribution in [2.24, 2.45) is 0 Å². The lowest BCUT2D eigenvalue weighted by Gasteiger charge is -2.17. The van der Waals surface area contributed by atoms with Crippen molar-refractivity contribution >= 4 is 11.9 Å². The third-order valence-electron chi connectivity index (χ3n) is 1.36. The number of aliphatic hydroxyl groups excluding tert-OH is 1. The average molecular weight is 159 g/mol. The van der Waals surface area contributed by atoms with E-state index >= 15 is 0 Å². The Morgan fingerprint density at radius 2 is 2.45 bits per heavy atom. The van der Waals surface area contributed by atoms with Crippen molar-refractivity contribution in [2.75, 3.05) is 0 Å². The number of hydrogen-bond donors (Lipinski definition) is 1. The van der Waals surface area contributed by atoms with E-state index in [1.165, 1.54) is 6.92 Å². The Bertz CT molecular complexity index is 191. The van der Waals surface area contributed by atoms with Gasteiger partial charge in [-0.2, -0.15) is 0 Å². The molecule has 1 unspecified atom stereocenters. The Morgan fingerprint density at radius 1 is 1.82 bits per heavy atom. The van der Waals surface area contributed by atoms with Crippen molar-refractivity contribution in [1.82, 2.24) is 5.06 Å². The summed E-state index contributed by atoms with van der Waals surface area (Å²) in [6.07, 6.45) is -0.410. The van der Waals surface area contributed by atoms with E-state index in [1.54, 1.807) is 0 Å². The van der Waals surface area contributed by atoms with Crippen LogP contribution in [-0.2, 0) is 14.4 Å². The second kappa shape index (κ2) is 2.87. The minimum atomic E-state index is -0.966. The molecular weight excluding hydrogens is 150 g/mol. The highest BCUT2D eigenvalue weighted by Crippen LogP contribution is 2.16. The molecule has 1 saturated heterocycles. The summed E-state index contributed by atoms with van der Waals surface area (Å²) in [6, 6.07) is 0. The number of carbonyl (C=O) groups is 2. The first kappa shape index (κ1) is 8.00. The molecule has 11 heavy (non-hydrogen) atoms. The van der Waals surface area contributed by atoms with Crippen LogP contribution in [0, 0.1) is 0 Å². The van der Waals surface area contributed by atoms with E-state index in [0.29, 0.717) is 11.5 Å². The van der Waals surface area contributed by atoms with E-state index in [9.17, 15) is 9.59 Å². The van der Waals surface area contributed by atoms with E-state index < -0.39 is 12.2 Å².